The van der Waals surface area contributed by atoms with Gasteiger partial charge in [0.1, 0.15) is 5.82 Å². The van der Waals surface area contributed by atoms with Crippen LogP contribution >= 0.6 is 0 Å². The number of halogens is 1. The lowest BCUT2D eigenvalue weighted by atomic mass is 9.79. The zero-order chi connectivity index (χ0) is 17.0. The number of rotatable bonds is 6. The van der Waals surface area contributed by atoms with Crippen molar-refractivity contribution < 1.29 is 14.0 Å². The number of Topliss-reactive ketones (excluding diaryl/α,β-unsaturated/α-hetero) is 1. The Morgan fingerprint density at radius 2 is 2.17 bits per heavy atom. The van der Waals surface area contributed by atoms with E-state index in [0.29, 0.717) is 24.2 Å². The highest BCUT2D eigenvalue weighted by molar-refractivity contribution is 6.27. The summed E-state index contributed by atoms with van der Waals surface area (Å²) in [5.41, 5.74) is 7.12. The van der Waals surface area contributed by atoms with Gasteiger partial charge in [-0.25, -0.2) is 4.39 Å². The van der Waals surface area contributed by atoms with Crippen LogP contribution in [0.15, 0.2) is 35.5 Å². The van der Waals surface area contributed by atoms with Crippen LogP contribution in [-0.2, 0) is 9.59 Å². The fourth-order valence-electron chi connectivity index (χ4n) is 2.92. The molecule has 1 aromatic carbocycles. The van der Waals surface area contributed by atoms with Gasteiger partial charge in [0.15, 0.2) is 6.29 Å². The van der Waals surface area contributed by atoms with E-state index in [0.717, 1.165) is 12.0 Å². The molecule has 124 valence electrons. The molecule has 2 rings (SSSR count). The van der Waals surface area contributed by atoms with Crippen molar-refractivity contribution in [2.75, 3.05) is 12.0 Å². The van der Waals surface area contributed by atoms with E-state index in [-0.39, 0.29) is 5.82 Å². The Kier molecular flexibility index (Phi) is 5.15. The lowest BCUT2D eigenvalue weighted by Crippen LogP contribution is -2.44. The third-order valence-corrected chi connectivity index (χ3v) is 4.54. The van der Waals surface area contributed by atoms with Crippen LogP contribution in [0, 0.1) is 11.7 Å². The standard InChI is InChI=1S/C17H22FN3O2/c1-4-17(3)16(15(23)10-22)12(9-19-17)11(2)20-21-14-8-6-5-7-13(14)18/h5-8,10,16,19-21H,4,9H2,1-3H3. The first-order valence-corrected chi connectivity index (χ1v) is 7.63. The Morgan fingerprint density at radius 1 is 1.48 bits per heavy atom. The predicted octanol–water partition coefficient (Wildman–Crippen LogP) is 2.17. The highest BCUT2D eigenvalue weighted by atomic mass is 19.1. The summed E-state index contributed by atoms with van der Waals surface area (Å²) in [6.07, 6.45) is 1.10. The van der Waals surface area contributed by atoms with Crippen molar-refractivity contribution in [3.05, 3.63) is 41.4 Å². The summed E-state index contributed by atoms with van der Waals surface area (Å²) in [5, 5.41) is 3.31. The number of nitrogens with one attached hydrogen (secondary N) is 3. The Labute approximate surface area is 135 Å². The van der Waals surface area contributed by atoms with Crippen molar-refractivity contribution in [1.29, 1.82) is 0 Å². The molecule has 0 radical (unpaired) electrons. The molecule has 1 aliphatic rings. The number of aldehydes is 1. The number of carbonyl (C=O) groups excluding carboxylic acids is 2. The van der Waals surface area contributed by atoms with Crippen LogP contribution in [0.2, 0.25) is 0 Å². The topological polar surface area (TPSA) is 70.2 Å². The predicted molar refractivity (Wildman–Crippen MR) is 87.1 cm³/mol. The third kappa shape index (κ3) is 3.42. The van der Waals surface area contributed by atoms with Crippen LogP contribution in [0.5, 0.6) is 0 Å². The zero-order valence-electron chi connectivity index (χ0n) is 13.6. The lowest BCUT2D eigenvalue weighted by Gasteiger charge is -2.29. The number of benzene rings is 1. The fourth-order valence-corrected chi connectivity index (χ4v) is 2.92. The highest BCUT2D eigenvalue weighted by Crippen LogP contribution is 2.35. The van der Waals surface area contributed by atoms with Crippen molar-refractivity contribution in [2.24, 2.45) is 5.92 Å². The molecule has 0 aliphatic carbocycles. The van der Waals surface area contributed by atoms with Gasteiger partial charge in [-0.05, 0) is 38.0 Å². The third-order valence-electron chi connectivity index (χ3n) is 4.54. The average molecular weight is 319 g/mol. The lowest BCUT2D eigenvalue weighted by molar-refractivity contribution is -0.132. The molecule has 0 aromatic heterocycles. The summed E-state index contributed by atoms with van der Waals surface area (Å²) in [4.78, 5) is 23.1. The number of hydrogen-bond acceptors (Lipinski definition) is 5. The molecule has 1 heterocycles. The molecular formula is C17H22FN3O2. The largest absolute Gasteiger partial charge is 0.307 e. The molecule has 3 N–H and O–H groups in total. The Balaban J connectivity index is 2.23. The van der Waals surface area contributed by atoms with Gasteiger partial charge in [-0.15, -0.1) is 0 Å². The van der Waals surface area contributed by atoms with Crippen LogP contribution in [0.4, 0.5) is 10.1 Å². The minimum Gasteiger partial charge on any atom is -0.307 e. The average Bonchev–Trinajstić information content (AvgIpc) is 2.91. The number of allylic oxidation sites excluding steroid dienone is 1. The van der Waals surface area contributed by atoms with E-state index < -0.39 is 17.2 Å². The number of hydrazine groups is 1. The van der Waals surface area contributed by atoms with Gasteiger partial charge < -0.3 is 10.7 Å². The van der Waals surface area contributed by atoms with Crippen LogP contribution in [0.1, 0.15) is 27.2 Å². The smallest absolute Gasteiger partial charge is 0.204 e. The maximum atomic E-state index is 13.6. The van der Waals surface area contributed by atoms with Crippen LogP contribution in [-0.4, -0.2) is 24.2 Å². The normalized spacial score (nSPS) is 25.8. The number of carbonyl (C=O) groups is 2. The van der Waals surface area contributed by atoms with Gasteiger partial charge in [-0.1, -0.05) is 19.1 Å². The molecule has 1 saturated heterocycles. The van der Waals surface area contributed by atoms with Crippen molar-refractivity contribution in [2.45, 2.75) is 32.7 Å². The maximum absolute atomic E-state index is 13.6. The van der Waals surface area contributed by atoms with E-state index in [1.54, 1.807) is 25.1 Å². The van der Waals surface area contributed by atoms with Gasteiger partial charge in [0.2, 0.25) is 5.78 Å². The van der Waals surface area contributed by atoms with Gasteiger partial charge in [0, 0.05) is 17.8 Å². The van der Waals surface area contributed by atoms with Crippen LogP contribution in [0.25, 0.3) is 0 Å². The quantitative estimate of drug-likeness (QED) is 0.426. The summed E-state index contributed by atoms with van der Waals surface area (Å²) < 4.78 is 13.6. The molecule has 2 atom stereocenters. The Morgan fingerprint density at radius 3 is 2.78 bits per heavy atom. The molecule has 0 bridgehead atoms. The molecule has 1 fully saturated rings. The molecule has 2 unspecified atom stereocenters. The minimum absolute atomic E-state index is 0.315. The Hall–Kier alpha value is -2.21. The summed E-state index contributed by atoms with van der Waals surface area (Å²) in [7, 11) is 0. The molecule has 0 spiro atoms. The van der Waals surface area contributed by atoms with E-state index in [1.807, 2.05) is 13.8 Å². The molecular weight excluding hydrogens is 297 g/mol. The molecule has 0 amide bonds. The van der Waals surface area contributed by atoms with Crippen LogP contribution in [0.3, 0.4) is 0 Å². The van der Waals surface area contributed by atoms with Crippen LogP contribution < -0.4 is 16.2 Å². The van der Waals surface area contributed by atoms with Gasteiger partial charge in [-0.3, -0.25) is 15.0 Å². The van der Waals surface area contributed by atoms with E-state index >= 15 is 0 Å². The summed E-state index contributed by atoms with van der Waals surface area (Å²) in [6.45, 7) is 6.22. The zero-order valence-corrected chi connectivity index (χ0v) is 13.6. The first-order valence-electron chi connectivity index (χ1n) is 7.63. The van der Waals surface area contributed by atoms with E-state index in [2.05, 4.69) is 16.2 Å². The molecule has 23 heavy (non-hydrogen) atoms. The SMILES string of the molecule is CCC1(C)NCC(=C(C)NNc2ccccc2F)C1C(=O)C=O. The van der Waals surface area contributed by atoms with E-state index in [1.165, 1.54) is 6.07 Å². The molecule has 6 heteroatoms. The van der Waals surface area contributed by atoms with Crippen molar-refractivity contribution in [3.8, 4) is 0 Å². The first-order chi connectivity index (χ1) is 10.9. The number of anilines is 1. The fraction of sp³-hybridized carbons (Fsp3) is 0.412. The number of hydrogen-bond donors (Lipinski definition) is 3. The number of para-hydroxylation sites is 1. The minimum atomic E-state index is -0.514. The molecule has 1 aromatic rings. The van der Waals surface area contributed by atoms with Gasteiger partial charge in [0.25, 0.3) is 0 Å². The second kappa shape index (κ2) is 6.91. The summed E-state index contributed by atoms with van der Waals surface area (Å²) in [5.74, 6) is -1.33. The van der Waals surface area contributed by atoms with E-state index in [9.17, 15) is 14.0 Å². The first kappa shape index (κ1) is 17.1. The van der Waals surface area contributed by atoms with Crippen molar-refractivity contribution in [1.82, 2.24) is 10.7 Å². The second-order valence-electron chi connectivity index (χ2n) is 5.96. The van der Waals surface area contributed by atoms with Gasteiger partial charge >= 0.3 is 0 Å². The Bertz CT molecular complexity index is 644. The van der Waals surface area contributed by atoms with Gasteiger partial charge in [0.05, 0.1) is 11.6 Å². The van der Waals surface area contributed by atoms with Crippen molar-refractivity contribution in [3.63, 3.8) is 0 Å². The van der Waals surface area contributed by atoms with E-state index in [4.69, 9.17) is 0 Å². The maximum Gasteiger partial charge on any atom is 0.204 e. The second-order valence-corrected chi connectivity index (χ2v) is 5.96. The number of ketones is 1. The monoisotopic (exact) mass is 319 g/mol. The van der Waals surface area contributed by atoms with Gasteiger partial charge in [-0.2, -0.15) is 0 Å². The molecule has 0 saturated carbocycles. The van der Waals surface area contributed by atoms with Crippen molar-refractivity contribution >= 4 is 17.8 Å². The summed E-state index contributed by atoms with van der Waals surface area (Å²) in [6, 6.07) is 6.30. The summed E-state index contributed by atoms with van der Waals surface area (Å²) >= 11 is 0. The molecule has 1 aliphatic heterocycles. The molecule has 5 nitrogen and oxygen atoms in total. The highest BCUT2D eigenvalue weighted by Gasteiger charge is 2.45.